The first-order chi connectivity index (χ1) is 15.4. The molecular formula is C31H28O. The van der Waals surface area contributed by atoms with Gasteiger partial charge in [0.05, 0.1) is 5.41 Å². The maximum atomic E-state index is 6.58. The van der Waals surface area contributed by atoms with Crippen LogP contribution in [0.3, 0.4) is 0 Å². The van der Waals surface area contributed by atoms with E-state index in [1.807, 2.05) is 0 Å². The summed E-state index contributed by atoms with van der Waals surface area (Å²) in [5.74, 6) is 1.88. The van der Waals surface area contributed by atoms with Gasteiger partial charge in [0, 0.05) is 16.6 Å². The lowest BCUT2D eigenvalue weighted by atomic mass is 9.64. The molecule has 1 heteroatoms. The molecule has 0 bridgehead atoms. The summed E-state index contributed by atoms with van der Waals surface area (Å²) >= 11 is 0. The average molecular weight is 417 g/mol. The van der Waals surface area contributed by atoms with Crippen LogP contribution in [0.1, 0.15) is 44.4 Å². The molecule has 0 N–H and O–H groups in total. The molecule has 0 aromatic heterocycles. The largest absolute Gasteiger partial charge is 0.457 e. The second-order valence-corrected chi connectivity index (χ2v) is 10.4. The van der Waals surface area contributed by atoms with E-state index in [0.29, 0.717) is 0 Å². The molecule has 0 saturated heterocycles. The van der Waals surface area contributed by atoms with Gasteiger partial charge in [-0.2, -0.15) is 0 Å². The number of hydrogen-bond donors (Lipinski definition) is 0. The van der Waals surface area contributed by atoms with E-state index >= 15 is 0 Å². The number of rotatable bonds is 0. The SMILES string of the molecule is CC(C)(C)C1(C)C=CC2=C(C=C1)C1(c3ccccc3O2)c2ccccc2-c2ccccc21. The lowest BCUT2D eigenvalue weighted by Crippen LogP contribution is -2.34. The summed E-state index contributed by atoms with van der Waals surface area (Å²) in [6.45, 7) is 9.22. The summed E-state index contributed by atoms with van der Waals surface area (Å²) in [4.78, 5) is 0. The van der Waals surface area contributed by atoms with Crippen LogP contribution >= 0.6 is 0 Å². The standard InChI is InChI=1S/C31H28O/c1-29(2,3)30(4)19-17-26-28(18-20-30)32-27-16-10-9-15-25(27)31(26)23-13-7-5-11-21(23)22-12-6-8-14-24(22)31/h5-20H,1-4H3. The maximum absolute atomic E-state index is 6.58. The molecule has 2 aliphatic carbocycles. The molecule has 1 unspecified atom stereocenters. The van der Waals surface area contributed by atoms with E-state index in [1.165, 1.54) is 33.4 Å². The Hall–Kier alpha value is -3.32. The summed E-state index contributed by atoms with van der Waals surface area (Å²) < 4.78 is 6.58. The molecule has 1 nitrogen and oxygen atoms in total. The zero-order chi connectivity index (χ0) is 22.1. The zero-order valence-corrected chi connectivity index (χ0v) is 19.1. The van der Waals surface area contributed by atoms with Gasteiger partial charge in [0.1, 0.15) is 11.5 Å². The highest BCUT2D eigenvalue weighted by Crippen LogP contribution is 2.61. The Balaban J connectivity index is 1.74. The fourth-order valence-corrected chi connectivity index (χ4v) is 5.58. The van der Waals surface area contributed by atoms with E-state index in [1.54, 1.807) is 0 Å². The van der Waals surface area contributed by atoms with Gasteiger partial charge in [-0.3, -0.25) is 0 Å². The number of fused-ring (bicyclic) bond motifs is 8. The van der Waals surface area contributed by atoms with Crippen molar-refractivity contribution >= 4 is 0 Å². The molecule has 0 saturated carbocycles. The van der Waals surface area contributed by atoms with Crippen LogP contribution in [0.25, 0.3) is 11.1 Å². The number of ether oxygens (including phenoxy) is 1. The Kier molecular flexibility index (Phi) is 3.85. The second kappa shape index (κ2) is 6.36. The van der Waals surface area contributed by atoms with Crippen LogP contribution in [-0.2, 0) is 5.41 Å². The first-order valence-electron chi connectivity index (χ1n) is 11.5. The summed E-state index contributed by atoms with van der Waals surface area (Å²) in [5, 5.41) is 0. The average Bonchev–Trinajstić information content (AvgIpc) is 2.95. The molecule has 6 rings (SSSR count). The fourth-order valence-electron chi connectivity index (χ4n) is 5.58. The molecular weight excluding hydrogens is 388 g/mol. The van der Waals surface area contributed by atoms with Crippen molar-refractivity contribution in [3.8, 4) is 16.9 Å². The Morgan fingerprint density at radius 2 is 1.19 bits per heavy atom. The summed E-state index contributed by atoms with van der Waals surface area (Å²) in [6.07, 6.45) is 9.26. The van der Waals surface area contributed by atoms with Crippen LogP contribution in [0.5, 0.6) is 5.75 Å². The minimum atomic E-state index is -0.388. The van der Waals surface area contributed by atoms with Gasteiger partial charge in [-0.05, 0) is 39.8 Å². The zero-order valence-electron chi connectivity index (χ0n) is 19.1. The van der Waals surface area contributed by atoms with E-state index < -0.39 is 0 Å². The molecule has 1 heterocycles. The highest BCUT2D eigenvalue weighted by Gasteiger charge is 2.51. The molecule has 3 aromatic carbocycles. The summed E-state index contributed by atoms with van der Waals surface area (Å²) in [5.41, 5.74) is 7.34. The fraction of sp³-hybridized carbons (Fsp3) is 0.226. The van der Waals surface area contributed by atoms with Crippen molar-refractivity contribution in [1.29, 1.82) is 0 Å². The van der Waals surface area contributed by atoms with E-state index in [0.717, 1.165) is 11.5 Å². The predicted molar refractivity (Wildman–Crippen MR) is 132 cm³/mol. The molecule has 32 heavy (non-hydrogen) atoms. The minimum Gasteiger partial charge on any atom is -0.457 e. The molecule has 158 valence electrons. The molecule has 1 aliphatic heterocycles. The van der Waals surface area contributed by atoms with E-state index in [9.17, 15) is 0 Å². The Morgan fingerprint density at radius 1 is 0.656 bits per heavy atom. The monoisotopic (exact) mass is 416 g/mol. The summed E-state index contributed by atoms with van der Waals surface area (Å²) in [7, 11) is 0. The van der Waals surface area contributed by atoms with Gasteiger partial charge >= 0.3 is 0 Å². The first kappa shape index (κ1) is 19.4. The third kappa shape index (κ3) is 2.34. The van der Waals surface area contributed by atoms with Crippen LogP contribution in [0.4, 0.5) is 0 Å². The molecule has 0 amide bonds. The Bertz CT molecular complexity index is 1300. The number of benzene rings is 3. The molecule has 0 radical (unpaired) electrons. The normalized spacial score (nSPS) is 22.0. The topological polar surface area (TPSA) is 9.23 Å². The maximum Gasteiger partial charge on any atom is 0.132 e. The molecule has 1 atom stereocenters. The lowest BCUT2D eigenvalue weighted by molar-refractivity contribution is 0.228. The third-order valence-electron chi connectivity index (χ3n) is 7.93. The van der Waals surface area contributed by atoms with Crippen LogP contribution in [-0.4, -0.2) is 0 Å². The van der Waals surface area contributed by atoms with Gasteiger partial charge in [-0.1, -0.05) is 113 Å². The Morgan fingerprint density at radius 3 is 1.81 bits per heavy atom. The van der Waals surface area contributed by atoms with Crippen LogP contribution in [0, 0.1) is 10.8 Å². The van der Waals surface area contributed by atoms with Gasteiger partial charge in [0.2, 0.25) is 0 Å². The van der Waals surface area contributed by atoms with Crippen molar-refractivity contribution in [2.45, 2.75) is 33.1 Å². The van der Waals surface area contributed by atoms with Crippen LogP contribution < -0.4 is 4.74 Å². The third-order valence-corrected chi connectivity index (χ3v) is 7.93. The van der Waals surface area contributed by atoms with E-state index in [4.69, 9.17) is 4.74 Å². The lowest BCUT2D eigenvalue weighted by Gasteiger charge is -2.39. The van der Waals surface area contributed by atoms with Gasteiger partial charge < -0.3 is 4.74 Å². The van der Waals surface area contributed by atoms with Crippen molar-refractivity contribution in [1.82, 2.24) is 0 Å². The summed E-state index contributed by atoms with van der Waals surface area (Å²) in [6, 6.07) is 26.3. The van der Waals surface area contributed by atoms with Crippen LogP contribution in [0.2, 0.25) is 0 Å². The first-order valence-corrected chi connectivity index (χ1v) is 11.5. The van der Waals surface area contributed by atoms with Crippen molar-refractivity contribution in [3.05, 3.63) is 125 Å². The highest BCUT2D eigenvalue weighted by molar-refractivity contribution is 5.88. The smallest absolute Gasteiger partial charge is 0.132 e. The molecule has 0 fully saturated rings. The van der Waals surface area contributed by atoms with Crippen molar-refractivity contribution in [3.63, 3.8) is 0 Å². The number of para-hydroxylation sites is 1. The molecule has 3 aliphatic rings. The van der Waals surface area contributed by atoms with Gasteiger partial charge in [-0.15, -0.1) is 0 Å². The molecule has 3 aromatic rings. The van der Waals surface area contributed by atoms with Crippen molar-refractivity contribution in [2.24, 2.45) is 10.8 Å². The van der Waals surface area contributed by atoms with E-state index in [2.05, 4.69) is 125 Å². The predicted octanol–water partition coefficient (Wildman–Crippen LogP) is 7.83. The highest BCUT2D eigenvalue weighted by atomic mass is 16.5. The van der Waals surface area contributed by atoms with Crippen molar-refractivity contribution < 1.29 is 4.74 Å². The van der Waals surface area contributed by atoms with Crippen LogP contribution in [0.15, 0.2) is 108 Å². The van der Waals surface area contributed by atoms with Gasteiger partial charge in [0.25, 0.3) is 0 Å². The molecule has 1 spiro atoms. The van der Waals surface area contributed by atoms with Gasteiger partial charge in [-0.25, -0.2) is 0 Å². The quantitative estimate of drug-likeness (QED) is 0.363. The van der Waals surface area contributed by atoms with Gasteiger partial charge in [0.15, 0.2) is 0 Å². The Labute approximate surface area is 190 Å². The minimum absolute atomic E-state index is 0.0835. The number of hydrogen-bond acceptors (Lipinski definition) is 1. The second-order valence-electron chi connectivity index (χ2n) is 10.4. The number of allylic oxidation sites excluding steroid dienone is 5. The van der Waals surface area contributed by atoms with Crippen molar-refractivity contribution in [2.75, 3.05) is 0 Å². The van der Waals surface area contributed by atoms with E-state index in [-0.39, 0.29) is 16.2 Å².